The number of rotatable bonds is 6. The van der Waals surface area contributed by atoms with Gasteiger partial charge in [-0.3, -0.25) is 4.79 Å². The van der Waals surface area contributed by atoms with Crippen LogP contribution in [-0.2, 0) is 11.2 Å². The fourth-order valence-electron chi connectivity index (χ4n) is 2.32. The van der Waals surface area contributed by atoms with Crippen molar-refractivity contribution >= 4 is 11.6 Å². The van der Waals surface area contributed by atoms with E-state index >= 15 is 0 Å². The molecule has 21 heavy (non-hydrogen) atoms. The quantitative estimate of drug-likeness (QED) is 0.849. The first-order chi connectivity index (χ1) is 10.2. The summed E-state index contributed by atoms with van der Waals surface area (Å²) in [6, 6.07) is 17.7. The van der Waals surface area contributed by atoms with Gasteiger partial charge in [0.2, 0.25) is 5.91 Å². The van der Waals surface area contributed by atoms with Gasteiger partial charge in [-0.1, -0.05) is 55.5 Å². The van der Waals surface area contributed by atoms with Crippen LogP contribution in [-0.4, -0.2) is 5.91 Å². The van der Waals surface area contributed by atoms with E-state index < -0.39 is 0 Å². The van der Waals surface area contributed by atoms with Crippen molar-refractivity contribution in [2.75, 3.05) is 5.32 Å². The highest BCUT2D eigenvalue weighted by Gasteiger charge is 2.10. The molecule has 1 unspecified atom stereocenters. The normalized spacial score (nSPS) is 11.9. The van der Waals surface area contributed by atoms with Crippen LogP contribution in [0.2, 0.25) is 0 Å². The molecule has 1 amide bonds. The molecule has 0 saturated heterocycles. The van der Waals surface area contributed by atoms with Crippen molar-refractivity contribution in [2.45, 2.75) is 32.2 Å². The second-order valence-electron chi connectivity index (χ2n) is 5.11. The molecule has 0 bridgehead atoms. The molecule has 0 fully saturated rings. The average Bonchev–Trinajstić information content (AvgIpc) is 2.54. The van der Waals surface area contributed by atoms with E-state index in [2.05, 4.69) is 12.2 Å². The molecular weight excluding hydrogens is 260 g/mol. The van der Waals surface area contributed by atoms with Crippen molar-refractivity contribution < 1.29 is 4.79 Å². The lowest BCUT2D eigenvalue weighted by Crippen LogP contribution is -2.17. The number of carbonyl (C=O) groups is 1. The lowest BCUT2D eigenvalue weighted by molar-refractivity contribution is -0.116. The summed E-state index contributed by atoms with van der Waals surface area (Å²) in [6.07, 6.45) is 1.97. The van der Waals surface area contributed by atoms with E-state index in [0.717, 1.165) is 23.2 Å². The number of nitrogens with two attached hydrogens (primary N) is 1. The molecule has 2 rings (SSSR count). The molecule has 0 aliphatic carbocycles. The number of hydrogen-bond acceptors (Lipinski definition) is 2. The van der Waals surface area contributed by atoms with Crippen LogP contribution >= 0.6 is 0 Å². The summed E-state index contributed by atoms with van der Waals surface area (Å²) in [5.41, 5.74) is 9.23. The molecule has 0 aromatic heterocycles. The fourth-order valence-corrected chi connectivity index (χ4v) is 2.32. The van der Waals surface area contributed by atoms with Gasteiger partial charge in [-0.2, -0.15) is 0 Å². The molecule has 0 aliphatic rings. The Morgan fingerprint density at radius 3 is 2.48 bits per heavy atom. The third kappa shape index (κ3) is 4.43. The van der Waals surface area contributed by atoms with E-state index in [1.165, 1.54) is 0 Å². The van der Waals surface area contributed by atoms with Gasteiger partial charge in [0.05, 0.1) is 0 Å². The van der Waals surface area contributed by atoms with Crippen LogP contribution < -0.4 is 11.1 Å². The Balaban J connectivity index is 1.88. The maximum absolute atomic E-state index is 12.0. The van der Waals surface area contributed by atoms with Crippen LogP contribution in [0.25, 0.3) is 0 Å². The van der Waals surface area contributed by atoms with E-state index in [-0.39, 0.29) is 11.9 Å². The lowest BCUT2D eigenvalue weighted by atomic mass is 10.0. The molecule has 2 aromatic carbocycles. The van der Waals surface area contributed by atoms with Crippen LogP contribution in [0.15, 0.2) is 54.6 Å². The number of amides is 1. The summed E-state index contributed by atoms with van der Waals surface area (Å²) in [5, 5.41) is 2.97. The van der Waals surface area contributed by atoms with Crippen molar-refractivity contribution in [2.24, 2.45) is 5.73 Å². The summed E-state index contributed by atoms with van der Waals surface area (Å²) in [4.78, 5) is 12.0. The summed E-state index contributed by atoms with van der Waals surface area (Å²) in [7, 11) is 0. The van der Waals surface area contributed by atoms with Gasteiger partial charge in [0.25, 0.3) is 0 Å². The van der Waals surface area contributed by atoms with Crippen LogP contribution in [0.5, 0.6) is 0 Å². The van der Waals surface area contributed by atoms with E-state index in [9.17, 15) is 4.79 Å². The molecule has 110 valence electrons. The monoisotopic (exact) mass is 282 g/mol. The van der Waals surface area contributed by atoms with Crippen molar-refractivity contribution in [1.82, 2.24) is 0 Å². The number of benzene rings is 2. The molecular formula is C18H22N2O. The predicted octanol–water partition coefficient (Wildman–Crippen LogP) is 3.67. The minimum absolute atomic E-state index is 0.0160. The minimum Gasteiger partial charge on any atom is -0.326 e. The lowest BCUT2D eigenvalue weighted by Gasteiger charge is -2.13. The van der Waals surface area contributed by atoms with Crippen molar-refractivity contribution in [3.63, 3.8) is 0 Å². The summed E-state index contributed by atoms with van der Waals surface area (Å²) in [5.74, 6) is 0.0160. The van der Waals surface area contributed by atoms with Gasteiger partial charge in [-0.25, -0.2) is 0 Å². The van der Waals surface area contributed by atoms with Crippen LogP contribution in [0.4, 0.5) is 5.69 Å². The van der Waals surface area contributed by atoms with Crippen LogP contribution in [0, 0.1) is 0 Å². The van der Waals surface area contributed by atoms with E-state index in [1.807, 2.05) is 54.6 Å². The molecule has 3 N–H and O–H groups in total. The summed E-state index contributed by atoms with van der Waals surface area (Å²) < 4.78 is 0. The topological polar surface area (TPSA) is 55.1 Å². The Kier molecular flexibility index (Phi) is 5.52. The number of nitrogens with one attached hydrogen (secondary N) is 1. The molecule has 3 nitrogen and oxygen atoms in total. The first kappa shape index (κ1) is 15.3. The Morgan fingerprint density at radius 2 is 1.76 bits per heavy atom. The highest BCUT2D eigenvalue weighted by atomic mass is 16.1. The zero-order chi connectivity index (χ0) is 15.1. The van der Waals surface area contributed by atoms with Gasteiger partial charge < -0.3 is 11.1 Å². The number of hydrogen-bond donors (Lipinski definition) is 2. The second kappa shape index (κ2) is 7.60. The number of anilines is 1. The third-order valence-electron chi connectivity index (χ3n) is 3.58. The van der Waals surface area contributed by atoms with Crippen molar-refractivity contribution in [3.8, 4) is 0 Å². The molecule has 0 heterocycles. The van der Waals surface area contributed by atoms with E-state index in [1.54, 1.807) is 0 Å². The summed E-state index contributed by atoms with van der Waals surface area (Å²) >= 11 is 0. The number of carbonyl (C=O) groups excluding carboxylic acids is 1. The van der Waals surface area contributed by atoms with Gasteiger partial charge >= 0.3 is 0 Å². The molecule has 2 aromatic rings. The van der Waals surface area contributed by atoms with E-state index in [0.29, 0.717) is 12.8 Å². The minimum atomic E-state index is -0.0987. The predicted molar refractivity (Wildman–Crippen MR) is 87.1 cm³/mol. The molecule has 1 atom stereocenters. The number of aryl methyl sites for hydroxylation is 1. The second-order valence-corrected chi connectivity index (χ2v) is 5.11. The molecule has 0 radical (unpaired) electrons. The number of para-hydroxylation sites is 1. The summed E-state index contributed by atoms with van der Waals surface area (Å²) in [6.45, 7) is 2.08. The van der Waals surface area contributed by atoms with Gasteiger partial charge in [0.15, 0.2) is 0 Å². The Labute approximate surface area is 126 Å². The van der Waals surface area contributed by atoms with Crippen molar-refractivity contribution in [3.05, 3.63) is 65.7 Å². The average molecular weight is 282 g/mol. The molecule has 3 heteroatoms. The maximum Gasteiger partial charge on any atom is 0.224 e. The highest BCUT2D eigenvalue weighted by molar-refractivity contribution is 5.91. The smallest absolute Gasteiger partial charge is 0.224 e. The third-order valence-corrected chi connectivity index (χ3v) is 3.58. The molecule has 0 aliphatic heterocycles. The van der Waals surface area contributed by atoms with Gasteiger partial charge in [0, 0.05) is 18.2 Å². The standard InChI is InChI=1S/C18H22N2O/c1-2-14-8-6-7-11-17(14)20-18(21)13-12-16(19)15-9-4-3-5-10-15/h3-11,16H,2,12-13,19H2,1H3,(H,20,21). The largest absolute Gasteiger partial charge is 0.326 e. The molecule has 0 spiro atoms. The zero-order valence-corrected chi connectivity index (χ0v) is 12.4. The van der Waals surface area contributed by atoms with Gasteiger partial charge in [-0.15, -0.1) is 0 Å². The van der Waals surface area contributed by atoms with Crippen LogP contribution in [0.1, 0.15) is 36.9 Å². The maximum atomic E-state index is 12.0. The first-order valence-corrected chi connectivity index (χ1v) is 7.39. The van der Waals surface area contributed by atoms with E-state index in [4.69, 9.17) is 5.73 Å². The Morgan fingerprint density at radius 1 is 1.10 bits per heavy atom. The highest BCUT2D eigenvalue weighted by Crippen LogP contribution is 2.18. The molecule has 0 saturated carbocycles. The fraction of sp³-hybridized carbons (Fsp3) is 0.278. The Hall–Kier alpha value is -2.13. The van der Waals surface area contributed by atoms with Crippen LogP contribution in [0.3, 0.4) is 0 Å². The van der Waals surface area contributed by atoms with Gasteiger partial charge in [0.1, 0.15) is 0 Å². The first-order valence-electron chi connectivity index (χ1n) is 7.39. The zero-order valence-electron chi connectivity index (χ0n) is 12.4. The van der Waals surface area contributed by atoms with Gasteiger partial charge in [-0.05, 0) is 30.0 Å². The SMILES string of the molecule is CCc1ccccc1NC(=O)CCC(N)c1ccccc1. The van der Waals surface area contributed by atoms with Crippen molar-refractivity contribution in [1.29, 1.82) is 0 Å². The Bertz CT molecular complexity index is 581.